The molecule has 1 aliphatic carbocycles. The summed E-state index contributed by atoms with van der Waals surface area (Å²) in [5.41, 5.74) is -1.38. The van der Waals surface area contributed by atoms with Gasteiger partial charge >= 0.3 is 0 Å². The Morgan fingerprint density at radius 1 is 1.40 bits per heavy atom. The summed E-state index contributed by atoms with van der Waals surface area (Å²) in [6, 6.07) is 0.350. The van der Waals surface area contributed by atoms with Crippen LogP contribution in [-0.4, -0.2) is 35.1 Å². The SMILES string of the molecule is CC(C)(O)C(=O)NCCC(=O)NC1CC1. The molecular formula is C10H18N2O3. The van der Waals surface area contributed by atoms with Gasteiger partial charge in [0.05, 0.1) is 0 Å². The molecule has 5 heteroatoms. The maximum absolute atomic E-state index is 11.2. The maximum atomic E-state index is 11.2. The second kappa shape index (κ2) is 4.61. The maximum Gasteiger partial charge on any atom is 0.251 e. The fraction of sp³-hybridized carbons (Fsp3) is 0.800. The van der Waals surface area contributed by atoms with E-state index in [1.807, 2.05) is 0 Å². The predicted octanol–water partition coefficient (Wildman–Crippen LogP) is -0.458. The third-order valence-electron chi connectivity index (χ3n) is 2.14. The lowest BCUT2D eigenvalue weighted by atomic mass is 10.1. The zero-order chi connectivity index (χ0) is 11.5. The molecule has 1 fully saturated rings. The number of carbonyl (C=O) groups excluding carboxylic acids is 2. The van der Waals surface area contributed by atoms with Crippen molar-refractivity contribution < 1.29 is 14.7 Å². The van der Waals surface area contributed by atoms with Crippen LogP contribution >= 0.6 is 0 Å². The molecule has 0 aromatic rings. The van der Waals surface area contributed by atoms with Gasteiger partial charge in [-0.15, -0.1) is 0 Å². The number of nitrogens with one attached hydrogen (secondary N) is 2. The summed E-state index contributed by atoms with van der Waals surface area (Å²) in [7, 11) is 0. The Kier molecular flexibility index (Phi) is 3.68. The number of hydrogen-bond donors (Lipinski definition) is 3. The molecule has 1 aliphatic rings. The van der Waals surface area contributed by atoms with Crippen molar-refractivity contribution in [3.63, 3.8) is 0 Å². The van der Waals surface area contributed by atoms with Crippen LogP contribution in [-0.2, 0) is 9.59 Å². The van der Waals surface area contributed by atoms with Crippen LogP contribution in [0.5, 0.6) is 0 Å². The van der Waals surface area contributed by atoms with E-state index in [4.69, 9.17) is 0 Å². The van der Waals surface area contributed by atoms with Gasteiger partial charge in [-0.1, -0.05) is 0 Å². The average molecular weight is 214 g/mol. The lowest BCUT2D eigenvalue weighted by Crippen LogP contribution is -2.43. The Bertz CT molecular complexity index is 254. The molecular weight excluding hydrogens is 196 g/mol. The average Bonchev–Trinajstić information content (AvgIpc) is 2.86. The molecule has 0 atom stereocenters. The first-order chi connectivity index (χ1) is 6.89. The number of aliphatic hydroxyl groups is 1. The van der Waals surface area contributed by atoms with E-state index in [9.17, 15) is 14.7 Å². The summed E-state index contributed by atoms with van der Waals surface area (Å²) in [5.74, 6) is -0.504. The molecule has 1 saturated carbocycles. The second-order valence-corrected chi connectivity index (χ2v) is 4.41. The van der Waals surface area contributed by atoms with Gasteiger partial charge < -0.3 is 15.7 Å². The number of carbonyl (C=O) groups is 2. The molecule has 1 rings (SSSR count). The highest BCUT2D eigenvalue weighted by molar-refractivity contribution is 5.84. The van der Waals surface area contributed by atoms with Gasteiger partial charge in [-0.3, -0.25) is 9.59 Å². The van der Waals surface area contributed by atoms with Gasteiger partial charge in [0.1, 0.15) is 5.60 Å². The predicted molar refractivity (Wildman–Crippen MR) is 55.1 cm³/mol. The smallest absolute Gasteiger partial charge is 0.251 e. The first-order valence-corrected chi connectivity index (χ1v) is 5.19. The third-order valence-corrected chi connectivity index (χ3v) is 2.14. The quantitative estimate of drug-likeness (QED) is 0.579. The van der Waals surface area contributed by atoms with Crippen molar-refractivity contribution >= 4 is 11.8 Å². The van der Waals surface area contributed by atoms with E-state index in [0.717, 1.165) is 12.8 Å². The van der Waals surface area contributed by atoms with Crippen molar-refractivity contribution in [2.75, 3.05) is 6.54 Å². The van der Waals surface area contributed by atoms with Crippen molar-refractivity contribution in [3.8, 4) is 0 Å². The van der Waals surface area contributed by atoms with E-state index < -0.39 is 11.5 Å². The van der Waals surface area contributed by atoms with Crippen LogP contribution in [0.4, 0.5) is 0 Å². The van der Waals surface area contributed by atoms with Crippen molar-refractivity contribution in [1.82, 2.24) is 10.6 Å². The summed E-state index contributed by atoms with van der Waals surface area (Å²) < 4.78 is 0. The van der Waals surface area contributed by atoms with Crippen molar-refractivity contribution in [2.24, 2.45) is 0 Å². The minimum atomic E-state index is -1.38. The Hall–Kier alpha value is -1.10. The van der Waals surface area contributed by atoms with Gasteiger partial charge in [0.2, 0.25) is 5.91 Å². The molecule has 0 heterocycles. The van der Waals surface area contributed by atoms with Crippen LogP contribution < -0.4 is 10.6 Å². The lowest BCUT2D eigenvalue weighted by molar-refractivity contribution is -0.136. The Labute approximate surface area is 89.2 Å². The molecule has 0 spiro atoms. The highest BCUT2D eigenvalue weighted by atomic mass is 16.3. The fourth-order valence-corrected chi connectivity index (χ4v) is 1.03. The van der Waals surface area contributed by atoms with E-state index in [-0.39, 0.29) is 18.9 Å². The summed E-state index contributed by atoms with van der Waals surface area (Å²) in [4.78, 5) is 22.4. The van der Waals surface area contributed by atoms with Crippen LogP contribution in [0.3, 0.4) is 0 Å². The van der Waals surface area contributed by atoms with Crippen LogP contribution in [0.1, 0.15) is 33.1 Å². The number of amides is 2. The highest BCUT2D eigenvalue weighted by Crippen LogP contribution is 2.18. The third kappa shape index (κ3) is 4.78. The Balaban J connectivity index is 2.09. The number of rotatable bonds is 5. The molecule has 0 aromatic heterocycles. The molecule has 3 N–H and O–H groups in total. The summed E-state index contributed by atoms with van der Waals surface area (Å²) >= 11 is 0. The van der Waals surface area contributed by atoms with Gasteiger partial charge in [0, 0.05) is 19.0 Å². The normalized spacial score (nSPS) is 15.9. The molecule has 0 aliphatic heterocycles. The summed E-state index contributed by atoms with van der Waals surface area (Å²) in [6.07, 6.45) is 2.38. The minimum Gasteiger partial charge on any atom is -0.381 e. The molecule has 5 nitrogen and oxygen atoms in total. The molecule has 86 valence electrons. The molecule has 0 aromatic carbocycles. The van der Waals surface area contributed by atoms with Gasteiger partial charge in [-0.2, -0.15) is 0 Å². The lowest BCUT2D eigenvalue weighted by Gasteiger charge is -2.16. The second-order valence-electron chi connectivity index (χ2n) is 4.41. The molecule has 0 unspecified atom stereocenters. The molecule has 0 radical (unpaired) electrons. The van der Waals surface area contributed by atoms with Crippen molar-refractivity contribution in [3.05, 3.63) is 0 Å². The topological polar surface area (TPSA) is 78.4 Å². The van der Waals surface area contributed by atoms with Gasteiger partial charge in [-0.25, -0.2) is 0 Å². The van der Waals surface area contributed by atoms with Crippen LogP contribution in [0, 0.1) is 0 Å². The zero-order valence-corrected chi connectivity index (χ0v) is 9.17. The fourth-order valence-electron chi connectivity index (χ4n) is 1.03. The first-order valence-electron chi connectivity index (χ1n) is 5.19. The zero-order valence-electron chi connectivity index (χ0n) is 9.17. The first kappa shape index (κ1) is 12.0. The standard InChI is InChI=1S/C10H18N2O3/c1-10(2,15)9(14)11-6-5-8(13)12-7-3-4-7/h7,15H,3-6H2,1-2H3,(H,11,14)(H,12,13). The minimum absolute atomic E-state index is 0.0476. The van der Waals surface area contributed by atoms with Gasteiger partial charge in [-0.05, 0) is 26.7 Å². The Morgan fingerprint density at radius 3 is 2.47 bits per heavy atom. The van der Waals surface area contributed by atoms with Crippen molar-refractivity contribution in [1.29, 1.82) is 0 Å². The molecule has 0 bridgehead atoms. The van der Waals surface area contributed by atoms with Crippen molar-refractivity contribution in [2.45, 2.75) is 44.8 Å². The summed E-state index contributed by atoms with van der Waals surface area (Å²) in [6.45, 7) is 3.08. The van der Waals surface area contributed by atoms with Crippen LogP contribution in [0.2, 0.25) is 0 Å². The van der Waals surface area contributed by atoms with Gasteiger partial charge in [0.15, 0.2) is 0 Å². The van der Waals surface area contributed by atoms with E-state index >= 15 is 0 Å². The van der Waals surface area contributed by atoms with E-state index in [2.05, 4.69) is 10.6 Å². The monoisotopic (exact) mass is 214 g/mol. The number of hydrogen-bond acceptors (Lipinski definition) is 3. The van der Waals surface area contributed by atoms with E-state index in [0.29, 0.717) is 6.04 Å². The van der Waals surface area contributed by atoms with Gasteiger partial charge in [0.25, 0.3) is 5.91 Å². The van der Waals surface area contributed by atoms with E-state index in [1.165, 1.54) is 13.8 Å². The van der Waals surface area contributed by atoms with E-state index in [1.54, 1.807) is 0 Å². The van der Waals surface area contributed by atoms with Crippen LogP contribution in [0.15, 0.2) is 0 Å². The molecule has 0 saturated heterocycles. The summed E-state index contributed by atoms with van der Waals surface area (Å²) in [5, 5.41) is 14.6. The molecule has 15 heavy (non-hydrogen) atoms. The van der Waals surface area contributed by atoms with Crippen LogP contribution in [0.25, 0.3) is 0 Å². The highest BCUT2D eigenvalue weighted by Gasteiger charge is 2.24. The largest absolute Gasteiger partial charge is 0.381 e. The molecule has 2 amide bonds. The Morgan fingerprint density at radius 2 is 2.00 bits per heavy atom.